The summed E-state index contributed by atoms with van der Waals surface area (Å²) in [5.74, 6) is -1.44. The maximum atomic E-state index is 13.2. The van der Waals surface area contributed by atoms with Gasteiger partial charge in [-0.2, -0.15) is 13.2 Å². The molecule has 3 rings (SSSR count). The first-order valence-electron chi connectivity index (χ1n) is 8.58. The smallest absolute Gasteiger partial charge is 0.416 e. The fraction of sp³-hybridized carbons (Fsp3) is 0.278. The van der Waals surface area contributed by atoms with Gasteiger partial charge in [0.2, 0.25) is 0 Å². The maximum absolute atomic E-state index is 13.2. The van der Waals surface area contributed by atoms with E-state index < -0.39 is 38.2 Å². The molecule has 2 aromatic carbocycles. The molecule has 7 nitrogen and oxygen atoms in total. The number of halogens is 4. The first kappa shape index (κ1) is 22.2. The molecular weight excluding hydrogens is 449 g/mol. The van der Waals surface area contributed by atoms with Crippen LogP contribution in [0.5, 0.6) is 0 Å². The number of anilines is 2. The lowest BCUT2D eigenvalue weighted by atomic mass is 10.1. The summed E-state index contributed by atoms with van der Waals surface area (Å²) in [4.78, 5) is 12.5. The Kier molecular flexibility index (Phi) is 6.16. The minimum atomic E-state index is -4.68. The second-order valence-electron chi connectivity index (χ2n) is 6.38. The van der Waals surface area contributed by atoms with Crippen molar-refractivity contribution in [3.63, 3.8) is 0 Å². The number of carbonyl (C=O) groups is 1. The van der Waals surface area contributed by atoms with Crippen molar-refractivity contribution in [3.05, 3.63) is 52.5 Å². The van der Waals surface area contributed by atoms with E-state index in [1.807, 2.05) is 0 Å². The Morgan fingerprint density at radius 2 is 1.80 bits per heavy atom. The van der Waals surface area contributed by atoms with Gasteiger partial charge in [0.15, 0.2) is 0 Å². The zero-order valence-electron chi connectivity index (χ0n) is 15.2. The minimum absolute atomic E-state index is 0.172. The number of aromatic carboxylic acids is 1. The fourth-order valence-electron chi connectivity index (χ4n) is 2.91. The van der Waals surface area contributed by atoms with Crippen LogP contribution in [-0.2, 0) is 20.9 Å². The van der Waals surface area contributed by atoms with Gasteiger partial charge in [0.25, 0.3) is 10.0 Å². The van der Waals surface area contributed by atoms with Crippen LogP contribution in [0.1, 0.15) is 15.9 Å². The Labute approximate surface area is 175 Å². The van der Waals surface area contributed by atoms with Crippen LogP contribution in [0.2, 0.25) is 5.02 Å². The van der Waals surface area contributed by atoms with Crippen LogP contribution in [0.4, 0.5) is 24.5 Å². The fourth-order valence-corrected chi connectivity index (χ4v) is 4.20. The number of carboxylic acids is 1. The van der Waals surface area contributed by atoms with Gasteiger partial charge in [0.05, 0.1) is 45.6 Å². The van der Waals surface area contributed by atoms with E-state index in [0.29, 0.717) is 32.4 Å². The molecule has 1 aliphatic rings. The van der Waals surface area contributed by atoms with Gasteiger partial charge in [-0.3, -0.25) is 4.72 Å². The molecule has 2 aromatic rings. The molecule has 1 fully saturated rings. The molecule has 1 saturated heterocycles. The summed E-state index contributed by atoms with van der Waals surface area (Å²) in [6.45, 7) is 1.41. The number of rotatable bonds is 5. The minimum Gasteiger partial charge on any atom is -0.478 e. The predicted octanol–water partition coefficient (Wildman–Crippen LogP) is 3.69. The van der Waals surface area contributed by atoms with Crippen molar-refractivity contribution in [2.45, 2.75) is 11.1 Å². The van der Waals surface area contributed by atoms with E-state index >= 15 is 0 Å². The van der Waals surface area contributed by atoms with Gasteiger partial charge in [-0.1, -0.05) is 11.6 Å². The third-order valence-electron chi connectivity index (χ3n) is 4.40. The van der Waals surface area contributed by atoms with Crippen molar-refractivity contribution in [3.8, 4) is 0 Å². The molecule has 0 saturated carbocycles. The van der Waals surface area contributed by atoms with Gasteiger partial charge >= 0.3 is 12.1 Å². The van der Waals surface area contributed by atoms with Crippen molar-refractivity contribution in [2.24, 2.45) is 0 Å². The summed E-state index contributed by atoms with van der Waals surface area (Å²) < 4.78 is 72.6. The Bertz CT molecular complexity index is 1070. The normalized spacial score (nSPS) is 15.1. The van der Waals surface area contributed by atoms with Crippen molar-refractivity contribution in [1.82, 2.24) is 0 Å². The van der Waals surface area contributed by atoms with Crippen molar-refractivity contribution >= 4 is 39.0 Å². The topological polar surface area (TPSA) is 95.9 Å². The van der Waals surface area contributed by atoms with E-state index in [9.17, 15) is 26.4 Å². The van der Waals surface area contributed by atoms with Crippen LogP contribution in [0, 0.1) is 0 Å². The maximum Gasteiger partial charge on any atom is 0.416 e. The van der Waals surface area contributed by atoms with Crippen molar-refractivity contribution in [2.75, 3.05) is 35.9 Å². The third-order valence-corrected chi connectivity index (χ3v) is 6.09. The number of carboxylic acid groups (broad SMARTS) is 1. The second-order valence-corrected chi connectivity index (χ2v) is 8.47. The van der Waals surface area contributed by atoms with Crippen LogP contribution in [-0.4, -0.2) is 45.8 Å². The van der Waals surface area contributed by atoms with Gasteiger partial charge in [-0.05, 0) is 36.4 Å². The summed E-state index contributed by atoms with van der Waals surface area (Å²) in [5, 5.41) is 8.97. The Hall–Kier alpha value is -2.50. The number of hydrogen-bond acceptors (Lipinski definition) is 5. The van der Waals surface area contributed by atoms with Gasteiger partial charge < -0.3 is 14.7 Å². The summed E-state index contributed by atoms with van der Waals surface area (Å²) in [6, 6.07) is 5.77. The van der Waals surface area contributed by atoms with E-state index in [2.05, 4.69) is 4.72 Å². The average molecular weight is 465 g/mol. The molecule has 0 amide bonds. The number of nitrogens with zero attached hydrogens (tertiary/aromatic N) is 1. The molecule has 0 aromatic heterocycles. The van der Waals surface area contributed by atoms with Crippen LogP contribution in [0.3, 0.4) is 0 Å². The van der Waals surface area contributed by atoms with Crippen molar-refractivity contribution < 1.29 is 36.2 Å². The quantitative estimate of drug-likeness (QED) is 0.700. The summed E-state index contributed by atoms with van der Waals surface area (Å²) >= 11 is 5.76. The second kappa shape index (κ2) is 8.32. The van der Waals surface area contributed by atoms with Crippen LogP contribution in [0.15, 0.2) is 41.3 Å². The van der Waals surface area contributed by atoms with E-state index in [-0.39, 0.29) is 16.4 Å². The molecule has 0 atom stereocenters. The highest BCUT2D eigenvalue weighted by Gasteiger charge is 2.32. The van der Waals surface area contributed by atoms with Gasteiger partial charge in [-0.15, -0.1) is 0 Å². The number of benzene rings is 2. The lowest BCUT2D eigenvalue weighted by Crippen LogP contribution is -2.36. The number of hydrogen-bond donors (Lipinski definition) is 2. The molecule has 1 aliphatic heterocycles. The number of nitrogens with one attached hydrogen (secondary N) is 1. The predicted molar refractivity (Wildman–Crippen MR) is 104 cm³/mol. The largest absolute Gasteiger partial charge is 0.478 e. The lowest BCUT2D eigenvalue weighted by molar-refractivity contribution is -0.137. The van der Waals surface area contributed by atoms with Gasteiger partial charge in [0.1, 0.15) is 0 Å². The molecule has 0 radical (unpaired) electrons. The van der Waals surface area contributed by atoms with Crippen LogP contribution in [0.25, 0.3) is 0 Å². The Morgan fingerprint density at radius 3 is 2.40 bits per heavy atom. The molecule has 12 heteroatoms. The number of ether oxygens (including phenoxy) is 1. The highest BCUT2D eigenvalue weighted by Crippen LogP contribution is 2.37. The molecule has 1 heterocycles. The first-order chi connectivity index (χ1) is 14.0. The monoisotopic (exact) mass is 464 g/mol. The van der Waals surface area contributed by atoms with E-state index in [0.717, 1.165) is 24.3 Å². The standard InChI is InChI=1S/C18H16ClF3N2O5S/c19-14-3-2-12(10-13(14)17(25)26)30(27,28)23-15-9-11(18(20,21)22)1-4-16(15)24-5-7-29-8-6-24/h1-4,9-10,23H,5-8H2,(H,25,26). The number of sulfonamides is 1. The number of morpholine rings is 1. The SMILES string of the molecule is O=C(O)c1cc(S(=O)(=O)Nc2cc(C(F)(F)F)ccc2N2CCOCC2)ccc1Cl. The molecule has 2 N–H and O–H groups in total. The van der Waals surface area contributed by atoms with Gasteiger partial charge in [-0.25, -0.2) is 13.2 Å². The van der Waals surface area contributed by atoms with Gasteiger partial charge in [0, 0.05) is 13.1 Å². The molecule has 0 aliphatic carbocycles. The summed E-state index contributed by atoms with van der Waals surface area (Å²) in [6.07, 6.45) is -4.68. The van der Waals surface area contributed by atoms with Crippen LogP contribution < -0.4 is 9.62 Å². The zero-order valence-corrected chi connectivity index (χ0v) is 16.8. The van der Waals surface area contributed by atoms with Crippen molar-refractivity contribution in [1.29, 1.82) is 0 Å². The first-order valence-corrected chi connectivity index (χ1v) is 10.4. The molecular formula is C18H16ClF3N2O5S. The molecule has 0 unspecified atom stereocenters. The lowest BCUT2D eigenvalue weighted by Gasteiger charge is -2.31. The summed E-state index contributed by atoms with van der Waals surface area (Å²) in [5.41, 5.74) is -1.50. The molecule has 162 valence electrons. The summed E-state index contributed by atoms with van der Waals surface area (Å²) in [7, 11) is -4.41. The third kappa shape index (κ3) is 4.79. The highest BCUT2D eigenvalue weighted by molar-refractivity contribution is 7.92. The van der Waals surface area contributed by atoms with Crippen LogP contribution >= 0.6 is 11.6 Å². The highest BCUT2D eigenvalue weighted by atomic mass is 35.5. The zero-order chi connectivity index (χ0) is 22.1. The van der Waals surface area contributed by atoms with E-state index in [1.165, 1.54) is 6.07 Å². The molecule has 0 bridgehead atoms. The molecule has 0 spiro atoms. The van der Waals surface area contributed by atoms with E-state index in [4.69, 9.17) is 21.4 Å². The Morgan fingerprint density at radius 1 is 1.13 bits per heavy atom. The number of alkyl halides is 3. The van der Waals surface area contributed by atoms with E-state index in [1.54, 1.807) is 4.90 Å². The Balaban J connectivity index is 2.05. The molecule has 30 heavy (non-hydrogen) atoms. The average Bonchev–Trinajstić information content (AvgIpc) is 2.67.